The topological polar surface area (TPSA) is 134 Å². The molecule has 0 bridgehead atoms. The number of hydrogen-bond acceptors (Lipinski definition) is 8. The molecule has 0 aliphatic rings. The molecule has 0 aromatic rings. The minimum absolute atomic E-state index is 0.0497. The van der Waals surface area contributed by atoms with Crippen molar-refractivity contribution in [1.82, 2.24) is 0 Å². The Kier molecular flexibility index (Phi) is 36.7. The first-order valence-corrected chi connectivity index (χ1v) is 22.0. The fourth-order valence-electron chi connectivity index (χ4n) is 5.44. The Bertz CT molecular complexity index is 939. The molecule has 0 amide bonds. The Labute approximate surface area is 312 Å². The molecule has 0 saturated heterocycles. The van der Waals surface area contributed by atoms with E-state index in [9.17, 15) is 19.0 Å². The molecule has 0 fully saturated rings. The number of rotatable bonds is 38. The Hall–Kier alpha value is -1.77. The Morgan fingerprint density at radius 1 is 0.588 bits per heavy atom. The third-order valence-electron chi connectivity index (χ3n) is 8.53. The third kappa shape index (κ3) is 37.8. The van der Waals surface area contributed by atoms with Gasteiger partial charge in [-0.15, -0.1) is 0 Å². The monoisotopic (exact) mass is 742 g/mol. The Morgan fingerprint density at radius 2 is 1.02 bits per heavy atom. The van der Waals surface area contributed by atoms with E-state index >= 15 is 0 Å². The van der Waals surface area contributed by atoms with Crippen LogP contribution in [0.4, 0.5) is 0 Å². The molecule has 0 aromatic heterocycles. The van der Waals surface area contributed by atoms with Crippen LogP contribution in [0.15, 0.2) is 36.5 Å². The van der Waals surface area contributed by atoms with Crippen LogP contribution in [0.2, 0.25) is 0 Å². The van der Waals surface area contributed by atoms with Crippen molar-refractivity contribution in [1.29, 1.82) is 0 Å². The van der Waals surface area contributed by atoms with E-state index in [1.807, 2.05) is 0 Å². The lowest BCUT2D eigenvalue weighted by Gasteiger charge is -2.19. The van der Waals surface area contributed by atoms with Crippen molar-refractivity contribution in [3.63, 3.8) is 0 Å². The second-order valence-electron chi connectivity index (χ2n) is 13.5. The number of esters is 2. The van der Waals surface area contributed by atoms with E-state index in [0.29, 0.717) is 6.42 Å². The molecule has 298 valence electrons. The van der Waals surface area contributed by atoms with Crippen LogP contribution in [0.1, 0.15) is 181 Å². The summed E-state index contributed by atoms with van der Waals surface area (Å²) in [5, 5.41) is 0. The first-order chi connectivity index (χ1) is 24.8. The number of carbonyl (C=O) groups excluding carboxylic acids is 2. The number of ether oxygens (including phenoxy) is 2. The summed E-state index contributed by atoms with van der Waals surface area (Å²) in [6.45, 7) is 3.67. The van der Waals surface area contributed by atoms with Crippen molar-refractivity contribution >= 4 is 19.8 Å². The molecule has 0 spiro atoms. The molecule has 2 atom stereocenters. The van der Waals surface area contributed by atoms with Crippen molar-refractivity contribution in [3.05, 3.63) is 36.5 Å². The fourth-order valence-corrected chi connectivity index (χ4v) is 6.21. The average molecular weight is 742 g/mol. The highest BCUT2D eigenvalue weighted by molar-refractivity contribution is 7.47. The van der Waals surface area contributed by atoms with Gasteiger partial charge in [0.2, 0.25) is 0 Å². The van der Waals surface area contributed by atoms with E-state index in [4.69, 9.17) is 24.3 Å². The SMILES string of the molecule is CCCCCC/C=C/C=C/CCCCCCCC(=O)O[C@H](COC(=O)CCCCCCCCC/C=C/CCCCCC)COP(=O)(O)OCCN. The maximum absolute atomic E-state index is 12.5. The average Bonchev–Trinajstić information content (AvgIpc) is 3.11. The predicted molar refractivity (Wildman–Crippen MR) is 210 cm³/mol. The van der Waals surface area contributed by atoms with Gasteiger partial charge in [0, 0.05) is 19.4 Å². The zero-order chi connectivity index (χ0) is 37.5. The molecule has 1 unspecified atom stereocenters. The highest BCUT2D eigenvalue weighted by Crippen LogP contribution is 2.43. The number of allylic oxidation sites excluding steroid dienone is 6. The molecule has 10 heteroatoms. The zero-order valence-electron chi connectivity index (χ0n) is 32.6. The van der Waals surface area contributed by atoms with Gasteiger partial charge < -0.3 is 20.1 Å². The maximum atomic E-state index is 12.5. The molecule has 0 rings (SSSR count). The van der Waals surface area contributed by atoms with Crippen LogP contribution >= 0.6 is 7.82 Å². The molecule has 51 heavy (non-hydrogen) atoms. The molecule has 0 radical (unpaired) electrons. The lowest BCUT2D eigenvalue weighted by Crippen LogP contribution is -2.29. The standard InChI is InChI=1S/C41H76NO8P/c1-3-5-7-9-11-13-15-17-19-21-23-25-27-29-31-33-40(43)47-37-39(38-49-51(45,46)48-36-35-42)50-41(44)34-32-30-28-26-24-22-20-18-16-14-12-10-8-6-4-2/h13-16,18,20,39H,3-12,17,19,21-38,42H2,1-2H3,(H,45,46)/b15-13+,16-14+,20-18+/t39-/m1/s1. The van der Waals surface area contributed by atoms with E-state index in [1.165, 1.54) is 77.0 Å². The molecule has 0 saturated carbocycles. The lowest BCUT2D eigenvalue weighted by atomic mass is 10.1. The predicted octanol–water partition coefficient (Wildman–Crippen LogP) is 11.4. The van der Waals surface area contributed by atoms with Crippen LogP contribution in [0.5, 0.6) is 0 Å². The van der Waals surface area contributed by atoms with Gasteiger partial charge >= 0.3 is 19.8 Å². The van der Waals surface area contributed by atoms with Gasteiger partial charge in [0.05, 0.1) is 13.2 Å². The third-order valence-corrected chi connectivity index (χ3v) is 9.51. The number of phosphoric ester groups is 1. The van der Waals surface area contributed by atoms with E-state index < -0.39 is 32.5 Å². The molecule has 0 heterocycles. The number of unbranched alkanes of at least 4 members (excludes halogenated alkanes) is 20. The summed E-state index contributed by atoms with van der Waals surface area (Å²) >= 11 is 0. The molecule has 3 N–H and O–H groups in total. The van der Waals surface area contributed by atoms with Gasteiger partial charge in [0.15, 0.2) is 6.10 Å². The first-order valence-electron chi connectivity index (χ1n) is 20.5. The van der Waals surface area contributed by atoms with Crippen molar-refractivity contribution in [2.24, 2.45) is 5.73 Å². The molecular formula is C41H76NO8P. The molecule has 9 nitrogen and oxygen atoms in total. The van der Waals surface area contributed by atoms with Crippen molar-refractivity contribution in [3.8, 4) is 0 Å². The second-order valence-corrected chi connectivity index (χ2v) is 15.0. The van der Waals surface area contributed by atoms with Gasteiger partial charge in [0.25, 0.3) is 0 Å². The van der Waals surface area contributed by atoms with Crippen LogP contribution in [-0.4, -0.2) is 49.3 Å². The Morgan fingerprint density at radius 3 is 1.51 bits per heavy atom. The van der Waals surface area contributed by atoms with Crippen LogP contribution in [0.25, 0.3) is 0 Å². The van der Waals surface area contributed by atoms with Gasteiger partial charge in [-0.25, -0.2) is 4.57 Å². The molecule has 0 aliphatic heterocycles. The number of carbonyl (C=O) groups is 2. The smallest absolute Gasteiger partial charge is 0.462 e. The van der Waals surface area contributed by atoms with E-state index in [1.54, 1.807) is 0 Å². The van der Waals surface area contributed by atoms with E-state index in [2.05, 4.69) is 50.3 Å². The van der Waals surface area contributed by atoms with Gasteiger partial charge in [-0.1, -0.05) is 140 Å². The van der Waals surface area contributed by atoms with Gasteiger partial charge in [-0.05, 0) is 64.2 Å². The van der Waals surface area contributed by atoms with Gasteiger partial charge in [-0.3, -0.25) is 18.6 Å². The normalized spacial score (nSPS) is 13.7. The number of nitrogens with two attached hydrogens (primary N) is 1. The largest absolute Gasteiger partial charge is 0.472 e. The summed E-state index contributed by atoms with van der Waals surface area (Å²) in [6, 6.07) is 0. The zero-order valence-corrected chi connectivity index (χ0v) is 33.5. The van der Waals surface area contributed by atoms with Gasteiger partial charge in [0.1, 0.15) is 6.61 Å². The van der Waals surface area contributed by atoms with Crippen LogP contribution in [0, 0.1) is 0 Å². The maximum Gasteiger partial charge on any atom is 0.472 e. The Balaban J connectivity index is 4.22. The van der Waals surface area contributed by atoms with Crippen LogP contribution in [-0.2, 0) is 32.7 Å². The minimum Gasteiger partial charge on any atom is -0.462 e. The summed E-state index contributed by atoms with van der Waals surface area (Å²) in [4.78, 5) is 34.8. The second kappa shape index (κ2) is 38.0. The van der Waals surface area contributed by atoms with Crippen LogP contribution < -0.4 is 5.73 Å². The van der Waals surface area contributed by atoms with Crippen molar-refractivity contribution in [2.75, 3.05) is 26.4 Å². The van der Waals surface area contributed by atoms with Crippen molar-refractivity contribution < 1.29 is 37.6 Å². The highest BCUT2D eigenvalue weighted by Gasteiger charge is 2.26. The summed E-state index contributed by atoms with van der Waals surface area (Å²) < 4.78 is 32.7. The van der Waals surface area contributed by atoms with E-state index in [-0.39, 0.29) is 32.6 Å². The lowest BCUT2D eigenvalue weighted by molar-refractivity contribution is -0.161. The summed E-state index contributed by atoms with van der Waals surface area (Å²) in [7, 11) is -4.38. The molecule has 0 aromatic carbocycles. The van der Waals surface area contributed by atoms with Crippen LogP contribution in [0.3, 0.4) is 0 Å². The van der Waals surface area contributed by atoms with Crippen molar-refractivity contribution in [2.45, 2.75) is 187 Å². The minimum atomic E-state index is -4.38. The summed E-state index contributed by atoms with van der Waals surface area (Å²) in [5.41, 5.74) is 5.34. The van der Waals surface area contributed by atoms with E-state index in [0.717, 1.165) is 70.6 Å². The summed E-state index contributed by atoms with van der Waals surface area (Å²) in [5.74, 6) is -0.851. The highest BCUT2D eigenvalue weighted by atomic mass is 31.2. The fraction of sp³-hybridized carbons (Fsp3) is 0.805. The number of hydrogen-bond donors (Lipinski definition) is 2. The first kappa shape index (κ1) is 49.2. The van der Waals surface area contributed by atoms with Gasteiger partial charge in [-0.2, -0.15) is 0 Å². The summed E-state index contributed by atoms with van der Waals surface area (Å²) in [6.07, 6.45) is 40.2. The molecule has 0 aliphatic carbocycles. The number of phosphoric acid groups is 1. The quantitative estimate of drug-likeness (QED) is 0.0208. The molecular weight excluding hydrogens is 665 g/mol.